The second kappa shape index (κ2) is 16.4. The lowest BCUT2D eigenvalue weighted by molar-refractivity contribution is 0.195. The van der Waals surface area contributed by atoms with E-state index >= 15 is 0 Å². The van der Waals surface area contributed by atoms with Gasteiger partial charge < -0.3 is 19.1 Å². The van der Waals surface area contributed by atoms with Crippen LogP contribution in [-0.4, -0.2) is 12.3 Å². The normalized spacial score (nSPS) is 24.3. The van der Waals surface area contributed by atoms with Crippen molar-refractivity contribution in [2.45, 2.75) is 224 Å². The third-order valence-corrected chi connectivity index (χ3v) is 23.5. The van der Waals surface area contributed by atoms with Crippen LogP contribution in [0.3, 0.4) is 0 Å². The van der Waals surface area contributed by atoms with Crippen LogP contribution in [-0.2, 0) is 43.3 Å². The molecule has 4 heterocycles. The number of furan rings is 1. The summed E-state index contributed by atoms with van der Waals surface area (Å²) in [5.74, 6) is 0. The van der Waals surface area contributed by atoms with Crippen LogP contribution in [0.15, 0.2) is 120 Å². The highest BCUT2D eigenvalue weighted by Gasteiger charge is 2.59. The molecule has 0 amide bonds. The maximum absolute atomic E-state index is 7.22. The van der Waals surface area contributed by atoms with E-state index in [1.807, 2.05) is 0 Å². The van der Waals surface area contributed by atoms with Gasteiger partial charge in [0.2, 0.25) is 0 Å². The van der Waals surface area contributed by atoms with Crippen LogP contribution in [0, 0.1) is 0 Å². The van der Waals surface area contributed by atoms with E-state index in [9.17, 15) is 0 Å². The van der Waals surface area contributed by atoms with E-state index in [4.69, 9.17) is 4.42 Å². The molecule has 4 nitrogen and oxygen atoms in total. The minimum atomic E-state index is -0.176. The van der Waals surface area contributed by atoms with Crippen LogP contribution in [0.5, 0.6) is 0 Å². The predicted octanol–water partition coefficient (Wildman–Crippen LogP) is 19.4. The third kappa shape index (κ3) is 6.98. The van der Waals surface area contributed by atoms with Crippen molar-refractivity contribution < 1.29 is 4.42 Å². The van der Waals surface area contributed by atoms with Gasteiger partial charge in [-0.15, -0.1) is 0 Å². The second-order valence-electron chi connectivity index (χ2n) is 32.5. The number of fused-ring (bicyclic) bond motifs is 13. The zero-order chi connectivity index (χ0) is 57.6. The number of hydrogen-bond acceptors (Lipinski definition) is 4. The average molecular weight is 1080 g/mol. The zero-order valence-electron chi connectivity index (χ0n) is 52.7. The third-order valence-electron chi connectivity index (χ3n) is 23.5. The van der Waals surface area contributed by atoms with Crippen molar-refractivity contribution in [1.82, 2.24) is 0 Å². The van der Waals surface area contributed by atoms with E-state index in [-0.39, 0.29) is 55.6 Å². The number of rotatable bonds is 3. The first kappa shape index (κ1) is 52.6. The van der Waals surface area contributed by atoms with E-state index in [1.54, 1.807) is 0 Å². The van der Waals surface area contributed by atoms with Gasteiger partial charge in [-0.05, 0) is 205 Å². The Hall–Kier alpha value is -6.20. The first-order chi connectivity index (χ1) is 38.5. The summed E-state index contributed by atoms with van der Waals surface area (Å²) < 4.78 is 7.22. The molecule has 8 aromatic rings. The summed E-state index contributed by atoms with van der Waals surface area (Å²) in [7, 11) is 0. The maximum atomic E-state index is 7.22. The van der Waals surface area contributed by atoms with Crippen LogP contribution in [0.1, 0.15) is 220 Å². The largest absolute Gasteiger partial charge is 0.454 e. The molecule has 7 aromatic carbocycles. The molecule has 0 bridgehead atoms. The summed E-state index contributed by atoms with van der Waals surface area (Å²) in [6.07, 6.45) is 10.5. The highest BCUT2D eigenvalue weighted by Crippen LogP contribution is 2.63. The molecule has 15 rings (SSSR count). The Morgan fingerprint density at radius 2 is 0.963 bits per heavy atom. The van der Waals surface area contributed by atoms with Crippen molar-refractivity contribution in [3.05, 3.63) is 160 Å². The van der Waals surface area contributed by atoms with Gasteiger partial charge >= 0.3 is 0 Å². The van der Waals surface area contributed by atoms with Crippen molar-refractivity contribution in [3.63, 3.8) is 0 Å². The van der Waals surface area contributed by atoms with Crippen LogP contribution >= 0.6 is 0 Å². The summed E-state index contributed by atoms with van der Waals surface area (Å²) in [5, 5.41) is 2.31. The standard InChI is InChI=1S/C77H88BN3O/c1-69(2,3)46-27-30-60-57(37-46)76(16)31-20-21-32-77(76,17)81(60)48-39-64-67-65(40-48)80(61-25-22-24-50-49-23-18-19-26-66(49)82-68(50)61)63-44-56-54(74(12,13)45-75(56,14)15)42-59(63)78(67)58-41-53-55(73(10,11)36-35-72(53,8)9)43-62(58)79(64)47-28-29-51-52(38-47)71(6,7)34-33-70(51,4)5/h18-19,22-30,37-44H,20-21,31-36,45H2,1-17H3. The van der Waals surface area contributed by atoms with Gasteiger partial charge in [0.25, 0.3) is 6.71 Å². The number of anilines is 8. The fourth-order valence-electron chi connectivity index (χ4n) is 18.4. The van der Waals surface area contributed by atoms with E-state index in [2.05, 4.69) is 248 Å². The molecule has 0 saturated heterocycles. The summed E-state index contributed by atoms with van der Waals surface area (Å²) in [4.78, 5) is 8.36. The minimum Gasteiger partial charge on any atom is -0.454 e. The molecular formula is C77H88BN3O. The monoisotopic (exact) mass is 1080 g/mol. The van der Waals surface area contributed by atoms with E-state index in [0.717, 1.165) is 59.7 Å². The lowest BCUT2D eigenvalue weighted by atomic mass is 9.33. The molecule has 0 radical (unpaired) electrons. The Kier molecular flexibility index (Phi) is 10.5. The Morgan fingerprint density at radius 3 is 1.62 bits per heavy atom. The molecule has 4 aliphatic carbocycles. The molecule has 3 aliphatic heterocycles. The number of hydrogen-bond donors (Lipinski definition) is 0. The van der Waals surface area contributed by atoms with E-state index < -0.39 is 0 Å². The van der Waals surface area contributed by atoms with Crippen LogP contribution in [0.2, 0.25) is 0 Å². The van der Waals surface area contributed by atoms with Crippen LogP contribution in [0.4, 0.5) is 45.5 Å². The van der Waals surface area contributed by atoms with Crippen molar-refractivity contribution in [1.29, 1.82) is 0 Å². The lowest BCUT2D eigenvalue weighted by Crippen LogP contribution is -2.62. The van der Waals surface area contributed by atoms with Crippen molar-refractivity contribution in [3.8, 4) is 0 Å². The van der Waals surface area contributed by atoms with Gasteiger partial charge in [-0.3, -0.25) is 0 Å². The smallest absolute Gasteiger partial charge is 0.252 e. The van der Waals surface area contributed by atoms with Crippen molar-refractivity contribution >= 4 is 90.5 Å². The first-order valence-electron chi connectivity index (χ1n) is 31.6. The van der Waals surface area contributed by atoms with Crippen molar-refractivity contribution in [2.75, 3.05) is 14.7 Å². The molecule has 5 heteroatoms. The Bertz CT molecular complexity index is 4100. The van der Waals surface area contributed by atoms with Crippen LogP contribution < -0.4 is 31.1 Å². The highest BCUT2D eigenvalue weighted by molar-refractivity contribution is 7.00. The molecule has 0 N–H and O–H groups in total. The minimum absolute atomic E-state index is 0.00237. The molecule has 1 saturated carbocycles. The van der Waals surface area contributed by atoms with Gasteiger partial charge in [0.15, 0.2) is 5.58 Å². The van der Waals surface area contributed by atoms with E-state index in [1.165, 1.54) is 126 Å². The first-order valence-corrected chi connectivity index (χ1v) is 31.6. The summed E-state index contributed by atoms with van der Waals surface area (Å²) >= 11 is 0. The van der Waals surface area contributed by atoms with Crippen molar-refractivity contribution in [2.24, 2.45) is 0 Å². The van der Waals surface area contributed by atoms with Gasteiger partial charge in [0, 0.05) is 56.0 Å². The average Bonchev–Trinajstić information content (AvgIpc) is 1.57. The fourth-order valence-corrected chi connectivity index (χ4v) is 18.4. The van der Waals surface area contributed by atoms with Gasteiger partial charge in [0.1, 0.15) is 5.58 Å². The van der Waals surface area contributed by atoms with Crippen LogP contribution in [0.25, 0.3) is 21.9 Å². The number of nitrogens with zero attached hydrogens (tertiary/aromatic N) is 3. The second-order valence-corrected chi connectivity index (χ2v) is 32.5. The summed E-state index contributed by atoms with van der Waals surface area (Å²) in [6.45, 7) is 42.4. The molecule has 82 heavy (non-hydrogen) atoms. The Balaban J connectivity index is 1.12. The van der Waals surface area contributed by atoms with Gasteiger partial charge in [0.05, 0.1) is 11.2 Å². The number of benzene rings is 7. The molecule has 2 unspecified atom stereocenters. The molecule has 0 spiro atoms. The lowest BCUT2D eigenvalue weighted by Gasteiger charge is -2.51. The maximum Gasteiger partial charge on any atom is 0.252 e. The fraction of sp³-hybridized carbons (Fsp3) is 0.455. The summed E-state index contributed by atoms with van der Waals surface area (Å²) in [6, 6.07) is 47.1. The molecule has 420 valence electrons. The predicted molar refractivity (Wildman–Crippen MR) is 350 cm³/mol. The quantitative estimate of drug-likeness (QED) is 0.165. The molecular weight excluding hydrogens is 994 g/mol. The highest BCUT2D eigenvalue weighted by atomic mass is 16.3. The Morgan fingerprint density at radius 1 is 0.415 bits per heavy atom. The zero-order valence-corrected chi connectivity index (χ0v) is 52.7. The van der Waals surface area contributed by atoms with E-state index in [0.29, 0.717) is 0 Å². The molecule has 1 aromatic heterocycles. The molecule has 7 aliphatic rings. The number of para-hydroxylation sites is 2. The molecule has 2 atom stereocenters. The Labute approximate surface area is 491 Å². The molecule has 1 fully saturated rings. The van der Waals surface area contributed by atoms with Gasteiger partial charge in [-0.25, -0.2) is 0 Å². The topological polar surface area (TPSA) is 22.9 Å². The SMILES string of the molecule is CC(C)(C)c1ccc2c(c1)C1(C)CCCCC1(C)N2c1cc2c3c(c1)N(c1cccc4c1oc1ccccc14)c1cc4c(cc1B3c1cc3c(cc1N2c1ccc2c(c1)C(C)(C)CCC2(C)C)C(C)(C)CCC3(C)C)C(C)(C)CC4(C)C. The van der Waals surface area contributed by atoms with Gasteiger partial charge in [-0.2, -0.15) is 0 Å². The van der Waals surface area contributed by atoms with Gasteiger partial charge in [-0.1, -0.05) is 184 Å². The summed E-state index contributed by atoms with van der Waals surface area (Å²) in [5.41, 5.74) is 28.0.